The molecule has 0 amide bonds. The van der Waals surface area contributed by atoms with Crippen LogP contribution < -0.4 is 14.8 Å². The van der Waals surface area contributed by atoms with E-state index >= 15 is 0 Å². The van der Waals surface area contributed by atoms with Gasteiger partial charge in [0, 0.05) is 40.9 Å². The smallest absolute Gasteiger partial charge is 0.243 e. The highest BCUT2D eigenvalue weighted by atomic mass is 32.2. The Morgan fingerprint density at radius 2 is 1.71 bits per heavy atom. The van der Waals surface area contributed by atoms with Crippen LogP contribution in [0.25, 0.3) is 21.3 Å². The molecule has 0 spiro atoms. The molecule has 0 aliphatic heterocycles. The van der Waals surface area contributed by atoms with Gasteiger partial charge in [0.15, 0.2) is 11.5 Å². The normalized spacial score (nSPS) is 11.7. The highest BCUT2D eigenvalue weighted by molar-refractivity contribution is 7.89. The lowest BCUT2D eigenvalue weighted by Gasteiger charge is -2.14. The minimum atomic E-state index is -3.56. The highest BCUT2D eigenvalue weighted by Gasteiger charge is 2.22. The van der Waals surface area contributed by atoms with Crippen LogP contribution in [0.1, 0.15) is 10.7 Å². The molecule has 0 fully saturated rings. The molecule has 8 nitrogen and oxygen atoms in total. The van der Waals surface area contributed by atoms with Gasteiger partial charge >= 0.3 is 0 Å². The number of methoxy groups -OCH3 is 2. The molecule has 1 N–H and O–H groups in total. The van der Waals surface area contributed by atoms with E-state index in [0.717, 1.165) is 20.7 Å². The van der Waals surface area contributed by atoms with Crippen LogP contribution in [0.2, 0.25) is 0 Å². The summed E-state index contributed by atoms with van der Waals surface area (Å²) in [7, 11) is 2.70. The molecule has 178 valence electrons. The van der Waals surface area contributed by atoms with Crippen molar-refractivity contribution in [3.8, 4) is 21.9 Å². The third-order valence-electron chi connectivity index (χ3n) is 5.32. The zero-order chi connectivity index (χ0) is 24.5. The molecule has 0 bridgehead atoms. The van der Waals surface area contributed by atoms with Gasteiger partial charge in [0.25, 0.3) is 0 Å². The van der Waals surface area contributed by atoms with Crippen molar-refractivity contribution in [2.75, 3.05) is 33.6 Å². The van der Waals surface area contributed by atoms with Crippen molar-refractivity contribution in [3.05, 3.63) is 59.2 Å². The van der Waals surface area contributed by atoms with E-state index in [2.05, 4.69) is 15.3 Å². The molecular formula is C24H26N4O4S2. The summed E-state index contributed by atoms with van der Waals surface area (Å²) in [6, 6.07) is 14.7. The highest BCUT2D eigenvalue weighted by Crippen LogP contribution is 2.36. The summed E-state index contributed by atoms with van der Waals surface area (Å²) in [4.78, 5) is 11.3. The summed E-state index contributed by atoms with van der Waals surface area (Å²) in [6.07, 6.45) is 0. The Morgan fingerprint density at radius 1 is 1.00 bits per heavy atom. The molecule has 0 aliphatic rings. The van der Waals surface area contributed by atoms with Gasteiger partial charge in [-0.2, -0.15) is 0 Å². The number of anilines is 1. The van der Waals surface area contributed by atoms with Crippen LogP contribution in [0.5, 0.6) is 11.5 Å². The molecule has 4 aromatic rings. The van der Waals surface area contributed by atoms with Crippen molar-refractivity contribution in [2.24, 2.45) is 0 Å². The van der Waals surface area contributed by atoms with E-state index in [0.29, 0.717) is 40.1 Å². The number of hydrogen-bond donors (Lipinski definition) is 1. The van der Waals surface area contributed by atoms with E-state index in [-0.39, 0.29) is 0 Å². The largest absolute Gasteiger partial charge is 0.493 e. The topological polar surface area (TPSA) is 93.7 Å². The molecule has 0 aliphatic carbocycles. The first-order chi connectivity index (χ1) is 16.2. The predicted octanol–water partition coefficient (Wildman–Crippen LogP) is 4.55. The van der Waals surface area contributed by atoms with Crippen LogP contribution in [0.3, 0.4) is 0 Å². The van der Waals surface area contributed by atoms with Crippen molar-refractivity contribution in [1.82, 2.24) is 14.3 Å². The SMILES string of the molecule is COc1cc2nc(C)nc(NCc3ccc(-c4ccccc4S(=O)(=O)N(C)C)s3)c2cc1OC. The second-order valence-electron chi connectivity index (χ2n) is 7.75. The first-order valence-corrected chi connectivity index (χ1v) is 12.7. The van der Waals surface area contributed by atoms with Crippen LogP contribution >= 0.6 is 11.3 Å². The second-order valence-corrected chi connectivity index (χ2v) is 11.0. The van der Waals surface area contributed by atoms with Crippen molar-refractivity contribution >= 4 is 38.1 Å². The van der Waals surface area contributed by atoms with Gasteiger partial charge in [-0.05, 0) is 31.2 Å². The lowest BCUT2D eigenvalue weighted by molar-refractivity contribution is 0.356. The van der Waals surface area contributed by atoms with Gasteiger partial charge in [-0.3, -0.25) is 0 Å². The number of aromatic nitrogens is 2. The van der Waals surface area contributed by atoms with E-state index < -0.39 is 10.0 Å². The molecule has 0 radical (unpaired) electrons. The maximum absolute atomic E-state index is 12.8. The van der Waals surface area contributed by atoms with Crippen molar-refractivity contribution < 1.29 is 17.9 Å². The summed E-state index contributed by atoms with van der Waals surface area (Å²) in [5.41, 5.74) is 1.44. The van der Waals surface area contributed by atoms with Crippen LogP contribution in [-0.4, -0.2) is 51.0 Å². The molecule has 4 rings (SSSR count). The number of ether oxygens (including phenoxy) is 2. The van der Waals surface area contributed by atoms with Gasteiger partial charge in [0.2, 0.25) is 10.0 Å². The monoisotopic (exact) mass is 498 g/mol. The molecule has 0 unspecified atom stereocenters. The minimum absolute atomic E-state index is 0.292. The van der Waals surface area contributed by atoms with Crippen LogP contribution in [0, 0.1) is 6.92 Å². The Balaban J connectivity index is 1.64. The van der Waals surface area contributed by atoms with Crippen LogP contribution in [0.15, 0.2) is 53.4 Å². The fourth-order valence-electron chi connectivity index (χ4n) is 3.59. The molecule has 0 saturated heterocycles. The Morgan fingerprint density at radius 3 is 2.41 bits per heavy atom. The van der Waals surface area contributed by atoms with Crippen LogP contribution in [-0.2, 0) is 16.6 Å². The summed E-state index contributed by atoms with van der Waals surface area (Å²) >= 11 is 1.54. The second kappa shape index (κ2) is 9.57. The van der Waals surface area contributed by atoms with Gasteiger partial charge in [-0.25, -0.2) is 22.7 Å². The number of fused-ring (bicyclic) bond motifs is 1. The summed E-state index contributed by atoms with van der Waals surface area (Å²) in [6.45, 7) is 2.36. The summed E-state index contributed by atoms with van der Waals surface area (Å²) in [5.74, 6) is 2.53. The first kappa shape index (κ1) is 23.9. The standard InChI is InChI=1S/C24H26N4O4S2/c1-15-26-19-13-21(32-5)20(31-4)12-18(19)24(27-15)25-14-16-10-11-22(33-16)17-8-6-7-9-23(17)34(29,30)28(2)3/h6-13H,14H2,1-5H3,(H,25,26,27). The zero-order valence-corrected chi connectivity index (χ0v) is 21.3. The quantitative estimate of drug-likeness (QED) is 0.381. The zero-order valence-electron chi connectivity index (χ0n) is 19.6. The number of thiophene rings is 1. The number of sulfonamides is 1. The summed E-state index contributed by atoms with van der Waals surface area (Å²) < 4.78 is 37.6. The molecule has 0 saturated carbocycles. The van der Waals surface area contributed by atoms with Crippen molar-refractivity contribution in [1.29, 1.82) is 0 Å². The molecule has 0 atom stereocenters. The Hall–Kier alpha value is -3.21. The van der Waals surface area contributed by atoms with Crippen LogP contribution in [0.4, 0.5) is 5.82 Å². The predicted molar refractivity (Wildman–Crippen MR) is 135 cm³/mol. The first-order valence-electron chi connectivity index (χ1n) is 10.5. The number of hydrogen-bond acceptors (Lipinski definition) is 8. The van der Waals surface area contributed by atoms with E-state index in [4.69, 9.17) is 9.47 Å². The summed E-state index contributed by atoms with van der Waals surface area (Å²) in [5, 5.41) is 4.22. The van der Waals surface area contributed by atoms with E-state index in [1.165, 1.54) is 29.7 Å². The Kier molecular flexibility index (Phi) is 6.74. The molecule has 2 aromatic carbocycles. The van der Waals surface area contributed by atoms with Crippen molar-refractivity contribution in [2.45, 2.75) is 18.4 Å². The van der Waals surface area contributed by atoms with E-state index in [9.17, 15) is 8.42 Å². The molecule has 10 heteroatoms. The molecular weight excluding hydrogens is 472 g/mol. The van der Waals surface area contributed by atoms with Gasteiger partial charge in [0.05, 0.1) is 31.2 Å². The van der Waals surface area contributed by atoms with Gasteiger partial charge in [-0.1, -0.05) is 18.2 Å². The molecule has 2 aromatic heterocycles. The lowest BCUT2D eigenvalue weighted by Crippen LogP contribution is -2.22. The van der Waals surface area contributed by atoms with E-state index in [1.54, 1.807) is 26.4 Å². The van der Waals surface area contributed by atoms with Gasteiger partial charge in [-0.15, -0.1) is 11.3 Å². The minimum Gasteiger partial charge on any atom is -0.493 e. The molecule has 2 heterocycles. The maximum atomic E-state index is 12.8. The fourth-order valence-corrected chi connectivity index (χ4v) is 5.74. The number of nitrogens with zero attached hydrogens (tertiary/aromatic N) is 3. The fraction of sp³-hybridized carbons (Fsp3) is 0.250. The maximum Gasteiger partial charge on any atom is 0.243 e. The number of benzene rings is 2. The Labute approximate surface area is 203 Å². The molecule has 34 heavy (non-hydrogen) atoms. The van der Waals surface area contributed by atoms with Gasteiger partial charge in [0.1, 0.15) is 11.6 Å². The number of aryl methyl sites for hydroxylation is 1. The number of rotatable bonds is 8. The lowest BCUT2D eigenvalue weighted by atomic mass is 10.2. The third kappa shape index (κ3) is 4.56. The average Bonchev–Trinajstić information content (AvgIpc) is 3.30. The third-order valence-corrected chi connectivity index (χ3v) is 8.31. The van der Waals surface area contributed by atoms with Gasteiger partial charge < -0.3 is 14.8 Å². The number of nitrogens with one attached hydrogen (secondary N) is 1. The van der Waals surface area contributed by atoms with E-state index in [1.807, 2.05) is 43.3 Å². The average molecular weight is 499 g/mol. The van der Waals surface area contributed by atoms with Crippen molar-refractivity contribution in [3.63, 3.8) is 0 Å². The Bertz CT molecular complexity index is 1450.